The molecule has 0 fully saturated rings. The zero-order chi connectivity index (χ0) is 14.6. The van der Waals surface area contributed by atoms with Gasteiger partial charge in [-0.25, -0.2) is 0 Å². The molecule has 1 aromatic rings. The lowest BCUT2D eigenvalue weighted by molar-refractivity contribution is -0.385. The summed E-state index contributed by atoms with van der Waals surface area (Å²) >= 11 is 0. The standard InChI is InChI=1S/C10H7F2NO6/c11-10(12)19-6-1-5(4-14)7(3-9(15)16)8(2-6)13(17)18/h1-2,4,10H,3H2,(H,15,16). The number of aldehydes is 1. The molecule has 1 rings (SSSR count). The second-order valence-electron chi connectivity index (χ2n) is 3.33. The van der Waals surface area contributed by atoms with Crippen LogP contribution in [-0.4, -0.2) is 28.9 Å². The number of rotatable bonds is 6. The maximum Gasteiger partial charge on any atom is 0.387 e. The van der Waals surface area contributed by atoms with Gasteiger partial charge in [0.2, 0.25) is 0 Å². The predicted octanol–water partition coefficient (Wildman–Crippen LogP) is 1.64. The van der Waals surface area contributed by atoms with E-state index in [1.165, 1.54) is 0 Å². The summed E-state index contributed by atoms with van der Waals surface area (Å²) in [5.74, 6) is -1.98. The topological polar surface area (TPSA) is 107 Å². The average Bonchev–Trinajstić information content (AvgIpc) is 2.28. The highest BCUT2D eigenvalue weighted by atomic mass is 19.3. The monoisotopic (exact) mass is 275 g/mol. The number of aliphatic carboxylic acids is 1. The highest BCUT2D eigenvalue weighted by Gasteiger charge is 2.23. The Morgan fingerprint density at radius 1 is 1.53 bits per heavy atom. The molecule has 7 nitrogen and oxygen atoms in total. The molecule has 9 heteroatoms. The summed E-state index contributed by atoms with van der Waals surface area (Å²) in [4.78, 5) is 31.1. The maximum absolute atomic E-state index is 12.0. The van der Waals surface area contributed by atoms with Crippen molar-refractivity contribution >= 4 is 17.9 Å². The molecule has 0 unspecified atom stereocenters. The van der Waals surface area contributed by atoms with Gasteiger partial charge in [0, 0.05) is 5.56 Å². The lowest BCUT2D eigenvalue weighted by Gasteiger charge is -2.08. The lowest BCUT2D eigenvalue weighted by Crippen LogP contribution is -2.09. The van der Waals surface area contributed by atoms with Crippen LogP contribution in [0.1, 0.15) is 15.9 Å². The summed E-state index contributed by atoms with van der Waals surface area (Å²) in [6.07, 6.45) is -0.636. The summed E-state index contributed by atoms with van der Waals surface area (Å²) in [6, 6.07) is 1.47. The lowest BCUT2D eigenvalue weighted by atomic mass is 10.0. The van der Waals surface area contributed by atoms with E-state index in [4.69, 9.17) is 5.11 Å². The first-order valence-electron chi connectivity index (χ1n) is 4.78. The van der Waals surface area contributed by atoms with Gasteiger partial charge in [-0.15, -0.1) is 0 Å². The molecule has 0 aromatic heterocycles. The van der Waals surface area contributed by atoms with Gasteiger partial charge in [0.25, 0.3) is 5.69 Å². The molecule has 0 bridgehead atoms. The molecule has 0 saturated heterocycles. The zero-order valence-electron chi connectivity index (χ0n) is 9.21. The van der Waals surface area contributed by atoms with E-state index in [1.807, 2.05) is 0 Å². The van der Waals surface area contributed by atoms with Gasteiger partial charge in [0.05, 0.1) is 23.0 Å². The fourth-order valence-corrected chi connectivity index (χ4v) is 1.43. The normalized spacial score (nSPS) is 10.3. The van der Waals surface area contributed by atoms with E-state index in [9.17, 15) is 28.5 Å². The number of ether oxygens (including phenoxy) is 1. The molecule has 0 heterocycles. The van der Waals surface area contributed by atoms with Crippen molar-refractivity contribution in [2.45, 2.75) is 13.0 Å². The van der Waals surface area contributed by atoms with Crippen molar-refractivity contribution < 1.29 is 33.1 Å². The van der Waals surface area contributed by atoms with Gasteiger partial charge < -0.3 is 9.84 Å². The number of nitro benzene ring substituents is 1. The molecule has 19 heavy (non-hydrogen) atoms. The number of hydrogen-bond acceptors (Lipinski definition) is 5. The SMILES string of the molecule is O=Cc1cc(OC(F)F)cc([N+](=O)[O-])c1CC(=O)O. The largest absolute Gasteiger partial charge is 0.481 e. The third-order valence-corrected chi connectivity index (χ3v) is 2.11. The summed E-state index contributed by atoms with van der Waals surface area (Å²) < 4.78 is 28.0. The molecule has 0 amide bonds. The van der Waals surface area contributed by atoms with E-state index in [2.05, 4.69) is 4.74 Å². The van der Waals surface area contributed by atoms with Crippen LogP contribution in [0, 0.1) is 10.1 Å². The third-order valence-electron chi connectivity index (χ3n) is 2.11. The molecule has 1 aromatic carbocycles. The first-order chi connectivity index (χ1) is 8.85. The molecule has 0 aliphatic rings. The van der Waals surface area contributed by atoms with Gasteiger partial charge in [-0.3, -0.25) is 19.7 Å². The van der Waals surface area contributed by atoms with Gasteiger partial charge in [-0.05, 0) is 6.07 Å². The number of carbonyl (C=O) groups is 2. The van der Waals surface area contributed by atoms with Crippen molar-refractivity contribution in [1.82, 2.24) is 0 Å². The minimum atomic E-state index is -3.22. The van der Waals surface area contributed by atoms with Crippen LogP contribution < -0.4 is 4.74 Å². The third kappa shape index (κ3) is 3.69. The Kier molecular flexibility index (Phi) is 4.46. The molecule has 0 aliphatic carbocycles. The summed E-state index contributed by atoms with van der Waals surface area (Å²) in [7, 11) is 0. The van der Waals surface area contributed by atoms with Crippen molar-refractivity contribution in [2.75, 3.05) is 0 Å². The fraction of sp³-hybridized carbons (Fsp3) is 0.200. The number of nitrogens with zero attached hydrogens (tertiary/aromatic N) is 1. The molecule has 0 atom stereocenters. The maximum atomic E-state index is 12.0. The van der Waals surface area contributed by atoms with Crippen molar-refractivity contribution in [2.24, 2.45) is 0 Å². The Hall–Kier alpha value is -2.58. The number of carboxylic acids is 1. The van der Waals surface area contributed by atoms with Gasteiger partial charge in [-0.1, -0.05) is 0 Å². The van der Waals surface area contributed by atoms with Crippen molar-refractivity contribution in [1.29, 1.82) is 0 Å². The summed E-state index contributed by atoms with van der Waals surface area (Å²) in [5.41, 5.74) is -1.51. The number of halogens is 2. The van der Waals surface area contributed by atoms with Crippen LogP contribution in [0.25, 0.3) is 0 Å². The molecular formula is C10H7F2NO6. The first-order valence-corrected chi connectivity index (χ1v) is 4.78. The predicted molar refractivity (Wildman–Crippen MR) is 56.5 cm³/mol. The van der Waals surface area contributed by atoms with Crippen LogP contribution in [0.4, 0.5) is 14.5 Å². The smallest absolute Gasteiger partial charge is 0.387 e. The van der Waals surface area contributed by atoms with Crippen LogP contribution in [-0.2, 0) is 11.2 Å². The zero-order valence-corrected chi connectivity index (χ0v) is 9.21. The summed E-state index contributed by atoms with van der Waals surface area (Å²) in [6.45, 7) is -3.22. The van der Waals surface area contributed by atoms with Crippen LogP contribution in [0.2, 0.25) is 0 Å². The average molecular weight is 275 g/mol. The van der Waals surface area contributed by atoms with E-state index >= 15 is 0 Å². The number of hydrogen-bond donors (Lipinski definition) is 1. The van der Waals surface area contributed by atoms with Gasteiger partial charge in [0.15, 0.2) is 6.29 Å². The minimum Gasteiger partial charge on any atom is -0.481 e. The van der Waals surface area contributed by atoms with E-state index in [0.29, 0.717) is 6.07 Å². The number of benzene rings is 1. The number of alkyl halides is 2. The highest BCUT2D eigenvalue weighted by molar-refractivity contribution is 5.84. The Morgan fingerprint density at radius 2 is 2.16 bits per heavy atom. The molecule has 0 aliphatic heterocycles. The molecule has 0 spiro atoms. The first kappa shape index (κ1) is 14.5. The van der Waals surface area contributed by atoms with Gasteiger partial charge in [-0.2, -0.15) is 8.78 Å². The highest BCUT2D eigenvalue weighted by Crippen LogP contribution is 2.29. The second-order valence-corrected chi connectivity index (χ2v) is 3.33. The molecule has 0 radical (unpaired) electrons. The van der Waals surface area contributed by atoms with Gasteiger partial charge in [0.1, 0.15) is 5.75 Å². The Morgan fingerprint density at radius 3 is 2.58 bits per heavy atom. The molecular weight excluding hydrogens is 268 g/mol. The Labute approximate surface area is 104 Å². The van der Waals surface area contributed by atoms with E-state index in [1.54, 1.807) is 0 Å². The molecule has 102 valence electrons. The van der Waals surface area contributed by atoms with Crippen molar-refractivity contribution in [3.05, 3.63) is 33.4 Å². The van der Waals surface area contributed by atoms with E-state index < -0.39 is 35.4 Å². The Balaban J connectivity index is 3.39. The minimum absolute atomic E-state index is 0.142. The number of carboxylic acid groups (broad SMARTS) is 1. The number of carbonyl (C=O) groups excluding carboxylic acids is 1. The van der Waals surface area contributed by atoms with Gasteiger partial charge >= 0.3 is 12.6 Å². The molecule has 1 N–H and O–H groups in total. The summed E-state index contributed by atoms with van der Waals surface area (Å²) in [5, 5.41) is 19.4. The van der Waals surface area contributed by atoms with Crippen LogP contribution in [0.15, 0.2) is 12.1 Å². The van der Waals surface area contributed by atoms with Crippen LogP contribution in [0.5, 0.6) is 5.75 Å². The van der Waals surface area contributed by atoms with Crippen LogP contribution in [0.3, 0.4) is 0 Å². The molecule has 0 saturated carbocycles. The Bertz CT molecular complexity index is 531. The van der Waals surface area contributed by atoms with Crippen molar-refractivity contribution in [3.8, 4) is 5.75 Å². The second kappa shape index (κ2) is 5.85. The van der Waals surface area contributed by atoms with Crippen LogP contribution >= 0.6 is 0 Å². The van der Waals surface area contributed by atoms with E-state index in [0.717, 1.165) is 6.07 Å². The fourth-order valence-electron chi connectivity index (χ4n) is 1.43. The van der Waals surface area contributed by atoms with E-state index in [-0.39, 0.29) is 17.4 Å². The quantitative estimate of drug-likeness (QED) is 0.480. The van der Waals surface area contributed by atoms with Crippen molar-refractivity contribution in [3.63, 3.8) is 0 Å². The number of nitro groups is 1.